The second-order valence-electron chi connectivity index (χ2n) is 8.09. The highest BCUT2D eigenvalue weighted by atomic mass is 19.1. The highest BCUT2D eigenvalue weighted by Gasteiger charge is 2.29. The predicted molar refractivity (Wildman–Crippen MR) is 116 cm³/mol. The molecule has 2 aromatic heterocycles. The fraction of sp³-hybridized carbons (Fsp3) is 0.455. The number of nitrogens with one attached hydrogen (secondary N) is 1. The summed E-state index contributed by atoms with van der Waals surface area (Å²) in [6.07, 6.45) is 2.17. The van der Waals surface area contributed by atoms with Gasteiger partial charge in [0.2, 0.25) is 0 Å². The lowest BCUT2D eigenvalue weighted by atomic mass is 9.93. The number of piperidine rings is 1. The van der Waals surface area contributed by atoms with E-state index < -0.39 is 5.82 Å². The molecule has 1 aliphatic rings. The maximum Gasteiger partial charge on any atom is 0.363 e. The van der Waals surface area contributed by atoms with E-state index in [1.54, 1.807) is 24.3 Å². The van der Waals surface area contributed by atoms with Crippen LogP contribution < -0.4 is 11.0 Å². The van der Waals surface area contributed by atoms with Gasteiger partial charge in [0.15, 0.2) is 5.76 Å². The summed E-state index contributed by atoms with van der Waals surface area (Å²) in [6, 6.07) is 7.90. The maximum atomic E-state index is 14.2. The highest BCUT2D eigenvalue weighted by molar-refractivity contribution is 5.98. The minimum atomic E-state index is -0.400. The number of aryl methyl sites for hydroxylation is 1. The number of hydrogen-bond donors (Lipinski definition) is 1. The second kappa shape index (κ2) is 9.47. The van der Waals surface area contributed by atoms with Crippen LogP contribution in [-0.2, 0) is 13.1 Å². The van der Waals surface area contributed by atoms with Gasteiger partial charge in [-0.25, -0.2) is 9.18 Å². The number of halogens is 1. The molecule has 1 aromatic carbocycles. The number of aromatic nitrogens is 4. The van der Waals surface area contributed by atoms with Crippen LogP contribution in [0.15, 0.2) is 45.8 Å². The van der Waals surface area contributed by atoms with E-state index in [0.717, 1.165) is 19.5 Å². The smallest absolute Gasteiger partial charge is 0.363 e. The van der Waals surface area contributed by atoms with Gasteiger partial charge in [0.25, 0.3) is 5.91 Å². The number of nitrogens with zero attached hydrogens (tertiary/aromatic N) is 5. The van der Waals surface area contributed by atoms with Gasteiger partial charge >= 0.3 is 5.69 Å². The van der Waals surface area contributed by atoms with Gasteiger partial charge in [-0.2, -0.15) is 9.36 Å². The van der Waals surface area contributed by atoms with Crippen molar-refractivity contribution in [2.45, 2.75) is 39.4 Å². The van der Waals surface area contributed by atoms with E-state index in [-0.39, 0.29) is 29.3 Å². The van der Waals surface area contributed by atoms with Crippen LogP contribution in [0.5, 0.6) is 0 Å². The lowest BCUT2D eigenvalue weighted by Crippen LogP contribution is -2.50. The molecule has 9 nitrogen and oxygen atoms in total. The monoisotopic (exact) mass is 442 g/mol. The second-order valence-corrected chi connectivity index (χ2v) is 8.09. The number of furan rings is 1. The van der Waals surface area contributed by atoms with Gasteiger partial charge in [-0.1, -0.05) is 25.1 Å². The van der Waals surface area contributed by atoms with Crippen molar-refractivity contribution in [1.82, 2.24) is 30.0 Å². The third-order valence-electron chi connectivity index (χ3n) is 5.97. The van der Waals surface area contributed by atoms with Crippen molar-refractivity contribution in [3.8, 4) is 11.1 Å². The quantitative estimate of drug-likeness (QED) is 0.601. The Balaban J connectivity index is 1.34. The van der Waals surface area contributed by atoms with Crippen LogP contribution >= 0.6 is 0 Å². The van der Waals surface area contributed by atoms with E-state index in [1.165, 1.54) is 21.7 Å². The van der Waals surface area contributed by atoms with Crippen LogP contribution in [-0.4, -0.2) is 56.3 Å². The zero-order chi connectivity index (χ0) is 22.7. The molecule has 0 bridgehead atoms. The van der Waals surface area contributed by atoms with Crippen LogP contribution in [0.2, 0.25) is 0 Å². The first-order chi connectivity index (χ1) is 15.5. The predicted octanol–water partition coefficient (Wildman–Crippen LogP) is 2.00. The summed E-state index contributed by atoms with van der Waals surface area (Å²) in [6.45, 7) is 7.14. The Bertz CT molecular complexity index is 1140. The van der Waals surface area contributed by atoms with Gasteiger partial charge < -0.3 is 14.6 Å². The number of likely N-dealkylation sites (tertiary alicyclic amines) is 1. The Morgan fingerprint density at radius 3 is 2.69 bits per heavy atom. The first kappa shape index (κ1) is 21.9. The van der Waals surface area contributed by atoms with Crippen molar-refractivity contribution in [2.24, 2.45) is 5.92 Å². The van der Waals surface area contributed by atoms with E-state index in [4.69, 9.17) is 4.42 Å². The molecule has 1 fully saturated rings. The number of hydrogen-bond acceptors (Lipinski definition) is 6. The van der Waals surface area contributed by atoms with Gasteiger partial charge in [-0.15, -0.1) is 0 Å². The highest BCUT2D eigenvalue weighted by Crippen LogP contribution is 2.28. The van der Waals surface area contributed by atoms with Crippen LogP contribution in [0.1, 0.15) is 30.8 Å². The SMILES string of the molecule is CCn1nnn(CCN2CC[C@@H](NC(=O)c3occc3-c3ccccc3F)[C@@H](C)C2)c1=O. The van der Waals surface area contributed by atoms with Crippen molar-refractivity contribution < 1.29 is 13.6 Å². The Kier molecular flexibility index (Phi) is 6.50. The summed E-state index contributed by atoms with van der Waals surface area (Å²) in [5.74, 6) is -0.435. The molecule has 0 radical (unpaired) electrons. The van der Waals surface area contributed by atoms with Crippen LogP contribution in [0.4, 0.5) is 4.39 Å². The van der Waals surface area contributed by atoms with Crippen molar-refractivity contribution >= 4 is 5.91 Å². The molecule has 1 aliphatic heterocycles. The zero-order valence-electron chi connectivity index (χ0n) is 18.2. The van der Waals surface area contributed by atoms with Crippen molar-refractivity contribution in [2.75, 3.05) is 19.6 Å². The first-order valence-electron chi connectivity index (χ1n) is 10.8. The number of amides is 1. The number of benzene rings is 1. The Morgan fingerprint density at radius 1 is 1.19 bits per heavy atom. The summed E-state index contributed by atoms with van der Waals surface area (Å²) in [4.78, 5) is 27.2. The largest absolute Gasteiger partial charge is 0.459 e. The normalized spacial score (nSPS) is 19.2. The van der Waals surface area contributed by atoms with Crippen molar-refractivity contribution in [3.05, 3.63) is 58.7 Å². The minimum absolute atomic E-state index is 0.0268. The van der Waals surface area contributed by atoms with E-state index in [0.29, 0.717) is 30.8 Å². The maximum absolute atomic E-state index is 14.2. The summed E-state index contributed by atoms with van der Waals surface area (Å²) < 4.78 is 22.3. The van der Waals surface area contributed by atoms with Crippen LogP contribution in [0.25, 0.3) is 11.1 Å². The molecule has 0 unspecified atom stereocenters. The number of carbonyl (C=O) groups is 1. The van der Waals surface area contributed by atoms with Gasteiger partial charge in [-0.05, 0) is 41.8 Å². The fourth-order valence-electron chi connectivity index (χ4n) is 4.14. The fourth-order valence-corrected chi connectivity index (χ4v) is 4.14. The molecule has 0 spiro atoms. The average molecular weight is 442 g/mol. The van der Waals surface area contributed by atoms with E-state index in [2.05, 4.69) is 27.6 Å². The molecule has 3 heterocycles. The van der Waals surface area contributed by atoms with Gasteiger partial charge in [-0.3, -0.25) is 4.79 Å². The Labute approximate surface area is 184 Å². The summed E-state index contributed by atoms with van der Waals surface area (Å²) in [7, 11) is 0. The van der Waals surface area contributed by atoms with E-state index >= 15 is 0 Å². The molecule has 2 atom stereocenters. The molecule has 170 valence electrons. The molecular weight excluding hydrogens is 415 g/mol. The average Bonchev–Trinajstić information content (AvgIpc) is 3.41. The molecule has 1 saturated heterocycles. The molecule has 32 heavy (non-hydrogen) atoms. The Morgan fingerprint density at radius 2 is 1.97 bits per heavy atom. The number of rotatable bonds is 7. The zero-order valence-corrected chi connectivity index (χ0v) is 18.2. The number of tetrazole rings is 1. The first-order valence-corrected chi connectivity index (χ1v) is 10.8. The van der Waals surface area contributed by atoms with Crippen molar-refractivity contribution in [3.63, 3.8) is 0 Å². The molecule has 1 amide bonds. The topological polar surface area (TPSA) is 98.2 Å². The van der Waals surface area contributed by atoms with Gasteiger partial charge in [0, 0.05) is 43.3 Å². The van der Waals surface area contributed by atoms with Gasteiger partial charge in [0.1, 0.15) is 5.82 Å². The third-order valence-corrected chi connectivity index (χ3v) is 5.97. The van der Waals surface area contributed by atoms with E-state index in [9.17, 15) is 14.0 Å². The molecule has 1 N–H and O–H groups in total. The standard InChI is InChI=1S/C22H27FN6O3/c1-3-28-22(31)29(26-25-28)12-11-27-10-8-19(15(2)14-27)24-21(30)20-17(9-13-32-20)16-6-4-5-7-18(16)23/h4-7,9,13,15,19H,3,8,10-12,14H2,1-2H3,(H,24,30)/t15-,19+/m0/s1. The minimum Gasteiger partial charge on any atom is -0.459 e. The molecule has 0 aliphatic carbocycles. The molecule has 3 aromatic rings. The Hall–Kier alpha value is -3.27. The lowest BCUT2D eigenvalue weighted by molar-refractivity contribution is 0.0837. The van der Waals surface area contributed by atoms with E-state index in [1.807, 2.05) is 6.92 Å². The molecular formula is C22H27FN6O3. The van der Waals surface area contributed by atoms with Crippen LogP contribution in [0.3, 0.4) is 0 Å². The third kappa shape index (κ3) is 4.50. The van der Waals surface area contributed by atoms with Crippen molar-refractivity contribution in [1.29, 1.82) is 0 Å². The molecule has 0 saturated carbocycles. The van der Waals surface area contributed by atoms with Crippen LogP contribution in [0, 0.1) is 11.7 Å². The molecule has 10 heteroatoms. The summed E-state index contributed by atoms with van der Waals surface area (Å²) in [5, 5.41) is 10.8. The van der Waals surface area contributed by atoms with Gasteiger partial charge in [0.05, 0.1) is 12.8 Å². The molecule has 4 rings (SSSR count). The summed E-state index contributed by atoms with van der Waals surface area (Å²) >= 11 is 0. The lowest BCUT2D eigenvalue weighted by Gasteiger charge is -2.37. The summed E-state index contributed by atoms with van der Waals surface area (Å²) in [5.41, 5.74) is 0.576. The number of carbonyl (C=O) groups excluding carboxylic acids is 1.